The standard InChI is InChI=1S/C12H17N3O3S2/c1-3-15-7-11(4-10(15)8-16)20(17,18)14-6-12-13-5-9(2)19-12/h4-5,7,14,16H,3,6,8H2,1-2H3. The first-order valence-corrected chi connectivity index (χ1v) is 8.47. The average molecular weight is 315 g/mol. The van der Waals surface area contributed by atoms with Crippen LogP contribution in [0.2, 0.25) is 0 Å². The quantitative estimate of drug-likeness (QED) is 0.840. The molecule has 110 valence electrons. The summed E-state index contributed by atoms with van der Waals surface area (Å²) >= 11 is 1.46. The first-order chi connectivity index (χ1) is 9.46. The van der Waals surface area contributed by atoms with Crippen molar-refractivity contribution in [2.45, 2.75) is 38.4 Å². The van der Waals surface area contributed by atoms with E-state index < -0.39 is 10.0 Å². The molecule has 2 rings (SSSR count). The Balaban J connectivity index is 2.15. The summed E-state index contributed by atoms with van der Waals surface area (Å²) in [5, 5.41) is 9.92. The van der Waals surface area contributed by atoms with E-state index in [1.54, 1.807) is 10.8 Å². The lowest BCUT2D eigenvalue weighted by Gasteiger charge is -2.02. The molecule has 0 radical (unpaired) electrons. The summed E-state index contributed by atoms with van der Waals surface area (Å²) in [4.78, 5) is 5.32. The van der Waals surface area contributed by atoms with Crippen molar-refractivity contribution in [1.82, 2.24) is 14.3 Å². The molecule has 0 spiro atoms. The monoisotopic (exact) mass is 315 g/mol. The van der Waals surface area contributed by atoms with E-state index in [1.165, 1.54) is 23.6 Å². The minimum absolute atomic E-state index is 0.164. The fraction of sp³-hybridized carbons (Fsp3) is 0.417. The molecular weight excluding hydrogens is 298 g/mol. The summed E-state index contributed by atoms with van der Waals surface area (Å²) in [5.41, 5.74) is 0.581. The van der Waals surface area contributed by atoms with Gasteiger partial charge in [0.2, 0.25) is 10.0 Å². The maximum Gasteiger partial charge on any atom is 0.242 e. The van der Waals surface area contributed by atoms with E-state index in [4.69, 9.17) is 0 Å². The molecule has 2 N–H and O–H groups in total. The van der Waals surface area contributed by atoms with Gasteiger partial charge in [-0.3, -0.25) is 0 Å². The van der Waals surface area contributed by atoms with E-state index in [2.05, 4.69) is 9.71 Å². The van der Waals surface area contributed by atoms with Gasteiger partial charge in [-0.05, 0) is 19.9 Å². The maximum absolute atomic E-state index is 12.2. The van der Waals surface area contributed by atoms with Crippen molar-refractivity contribution in [2.75, 3.05) is 0 Å². The molecule has 0 unspecified atom stereocenters. The SMILES string of the molecule is CCn1cc(S(=O)(=O)NCc2ncc(C)s2)cc1CO. The molecule has 8 heteroatoms. The summed E-state index contributed by atoms with van der Waals surface area (Å²) in [6.45, 7) is 4.41. The Bertz CT molecular complexity index is 667. The second kappa shape index (κ2) is 6.04. The highest BCUT2D eigenvalue weighted by Gasteiger charge is 2.18. The van der Waals surface area contributed by atoms with Gasteiger partial charge in [-0.25, -0.2) is 18.1 Å². The summed E-state index contributed by atoms with van der Waals surface area (Å²) in [6, 6.07) is 1.49. The molecule has 2 aromatic heterocycles. The largest absolute Gasteiger partial charge is 0.390 e. The molecule has 0 aliphatic heterocycles. The molecule has 0 bridgehead atoms. The molecule has 0 saturated heterocycles. The van der Waals surface area contributed by atoms with Crippen molar-refractivity contribution in [3.05, 3.63) is 34.0 Å². The Kier molecular flexibility index (Phi) is 4.59. The third-order valence-corrected chi connectivity index (χ3v) is 5.14. The van der Waals surface area contributed by atoms with Gasteiger partial charge < -0.3 is 9.67 Å². The molecule has 0 aromatic carbocycles. The number of hydrogen-bond donors (Lipinski definition) is 2. The van der Waals surface area contributed by atoms with Crippen LogP contribution in [0.1, 0.15) is 22.5 Å². The van der Waals surface area contributed by atoms with Crippen molar-refractivity contribution in [1.29, 1.82) is 0 Å². The zero-order valence-corrected chi connectivity index (χ0v) is 13.0. The van der Waals surface area contributed by atoms with E-state index >= 15 is 0 Å². The molecular formula is C12H17N3O3S2. The number of aromatic nitrogens is 2. The second-order valence-electron chi connectivity index (χ2n) is 4.30. The van der Waals surface area contributed by atoms with Gasteiger partial charge in [0, 0.05) is 29.5 Å². The Hall–Kier alpha value is -1.22. The number of hydrogen-bond acceptors (Lipinski definition) is 5. The van der Waals surface area contributed by atoms with Gasteiger partial charge in [-0.15, -0.1) is 11.3 Å². The Morgan fingerprint density at radius 2 is 2.25 bits per heavy atom. The highest BCUT2D eigenvalue weighted by Crippen LogP contribution is 2.16. The minimum atomic E-state index is -3.59. The van der Waals surface area contributed by atoms with Crippen molar-refractivity contribution < 1.29 is 13.5 Å². The minimum Gasteiger partial charge on any atom is -0.390 e. The van der Waals surface area contributed by atoms with Gasteiger partial charge in [0.25, 0.3) is 0 Å². The van der Waals surface area contributed by atoms with Crippen LogP contribution in [0.15, 0.2) is 23.4 Å². The van der Waals surface area contributed by atoms with Crippen LogP contribution in [0.4, 0.5) is 0 Å². The smallest absolute Gasteiger partial charge is 0.242 e. The van der Waals surface area contributed by atoms with Gasteiger partial charge in [0.05, 0.1) is 18.0 Å². The second-order valence-corrected chi connectivity index (χ2v) is 7.39. The van der Waals surface area contributed by atoms with Crippen LogP contribution in [-0.2, 0) is 29.7 Å². The van der Waals surface area contributed by atoms with Gasteiger partial charge in [0.15, 0.2) is 0 Å². The molecule has 0 atom stereocenters. The van der Waals surface area contributed by atoms with Gasteiger partial charge >= 0.3 is 0 Å². The molecule has 0 amide bonds. The number of aryl methyl sites for hydroxylation is 2. The summed E-state index contributed by atoms with van der Waals surface area (Å²) in [7, 11) is -3.59. The fourth-order valence-corrected chi connectivity index (χ4v) is 3.69. The van der Waals surface area contributed by atoms with Crippen molar-refractivity contribution in [3.8, 4) is 0 Å². The molecule has 0 saturated carbocycles. The lowest BCUT2D eigenvalue weighted by molar-refractivity contribution is 0.271. The van der Waals surface area contributed by atoms with Crippen LogP contribution in [0, 0.1) is 6.92 Å². The number of sulfonamides is 1. The number of nitrogens with one attached hydrogen (secondary N) is 1. The lowest BCUT2D eigenvalue weighted by Crippen LogP contribution is -2.22. The highest BCUT2D eigenvalue weighted by atomic mass is 32.2. The van der Waals surface area contributed by atoms with Gasteiger partial charge in [-0.1, -0.05) is 0 Å². The molecule has 0 fully saturated rings. The van der Waals surface area contributed by atoms with E-state index in [9.17, 15) is 13.5 Å². The molecule has 0 aliphatic rings. The van der Waals surface area contributed by atoms with Crippen LogP contribution in [-0.4, -0.2) is 23.1 Å². The van der Waals surface area contributed by atoms with E-state index in [0.717, 1.165) is 9.88 Å². The number of thiazole rings is 1. The fourth-order valence-electron chi connectivity index (χ4n) is 1.82. The Morgan fingerprint density at radius 1 is 1.50 bits per heavy atom. The number of nitrogens with zero attached hydrogens (tertiary/aromatic N) is 2. The molecule has 0 aliphatic carbocycles. The third-order valence-electron chi connectivity index (χ3n) is 2.86. The van der Waals surface area contributed by atoms with Gasteiger partial charge in [0.1, 0.15) is 5.01 Å². The zero-order chi connectivity index (χ0) is 14.8. The van der Waals surface area contributed by atoms with Crippen LogP contribution in [0.25, 0.3) is 0 Å². The zero-order valence-electron chi connectivity index (χ0n) is 11.3. The maximum atomic E-state index is 12.2. The topological polar surface area (TPSA) is 84.2 Å². The predicted octanol–water partition coefficient (Wildman–Crippen LogP) is 1.24. The van der Waals surface area contributed by atoms with Crippen molar-refractivity contribution in [3.63, 3.8) is 0 Å². The first kappa shape index (κ1) is 15.2. The van der Waals surface area contributed by atoms with E-state index in [-0.39, 0.29) is 18.0 Å². The number of rotatable bonds is 6. The molecule has 2 aromatic rings. The first-order valence-electron chi connectivity index (χ1n) is 6.17. The predicted molar refractivity (Wildman–Crippen MR) is 76.9 cm³/mol. The number of aliphatic hydroxyl groups excluding tert-OH is 1. The molecule has 2 heterocycles. The summed E-state index contributed by atoms with van der Waals surface area (Å²) < 4.78 is 28.6. The average Bonchev–Trinajstić information content (AvgIpc) is 3.02. The normalized spacial score (nSPS) is 11.9. The van der Waals surface area contributed by atoms with E-state index in [0.29, 0.717) is 12.2 Å². The van der Waals surface area contributed by atoms with Crippen molar-refractivity contribution in [2.24, 2.45) is 0 Å². The van der Waals surface area contributed by atoms with Crippen LogP contribution in [0.5, 0.6) is 0 Å². The van der Waals surface area contributed by atoms with Crippen LogP contribution < -0.4 is 4.72 Å². The summed E-state index contributed by atoms with van der Waals surface area (Å²) in [6.07, 6.45) is 3.24. The molecule has 6 nitrogen and oxygen atoms in total. The van der Waals surface area contributed by atoms with E-state index in [1.807, 2.05) is 13.8 Å². The highest BCUT2D eigenvalue weighted by molar-refractivity contribution is 7.89. The Morgan fingerprint density at radius 3 is 2.75 bits per heavy atom. The van der Waals surface area contributed by atoms with Crippen molar-refractivity contribution >= 4 is 21.4 Å². The third kappa shape index (κ3) is 3.26. The van der Waals surface area contributed by atoms with Gasteiger partial charge in [-0.2, -0.15) is 0 Å². The Labute approximate surface area is 122 Å². The van der Waals surface area contributed by atoms with Crippen LogP contribution >= 0.6 is 11.3 Å². The van der Waals surface area contributed by atoms with Crippen LogP contribution in [0.3, 0.4) is 0 Å². The molecule has 20 heavy (non-hydrogen) atoms. The summed E-state index contributed by atoms with van der Waals surface area (Å²) in [5.74, 6) is 0. The number of aliphatic hydroxyl groups is 1. The lowest BCUT2D eigenvalue weighted by atomic mass is 10.4.